The lowest BCUT2D eigenvalue weighted by Gasteiger charge is -2.29. The lowest BCUT2D eigenvalue weighted by atomic mass is 10.1. The molecule has 0 bridgehead atoms. The van der Waals surface area contributed by atoms with Gasteiger partial charge in [0, 0.05) is 42.8 Å². The molecule has 11 heteroatoms. The van der Waals surface area contributed by atoms with Gasteiger partial charge in [-0.25, -0.2) is 9.97 Å². The van der Waals surface area contributed by atoms with Crippen LogP contribution in [0.15, 0.2) is 42.6 Å². The zero-order chi connectivity index (χ0) is 27.0. The summed E-state index contributed by atoms with van der Waals surface area (Å²) in [5, 5.41) is 16.6. The maximum Gasteiger partial charge on any atom is 0.228 e. The Kier molecular flexibility index (Phi) is 10.5. The van der Waals surface area contributed by atoms with Crippen LogP contribution in [0.2, 0.25) is 0 Å². The number of halogens is 1. The van der Waals surface area contributed by atoms with Gasteiger partial charge >= 0.3 is 0 Å². The molecule has 2 aromatic heterocycles. The van der Waals surface area contributed by atoms with E-state index in [0.29, 0.717) is 60.5 Å². The predicted octanol–water partition coefficient (Wildman–Crippen LogP) is 4.33. The van der Waals surface area contributed by atoms with Gasteiger partial charge in [0.25, 0.3) is 0 Å². The Bertz CT molecular complexity index is 1310. The highest BCUT2D eigenvalue weighted by Gasteiger charge is 2.19. The number of methoxy groups -OCH3 is 1. The Morgan fingerprint density at radius 2 is 1.88 bits per heavy atom. The number of benzene rings is 1. The first-order valence-electron chi connectivity index (χ1n) is 13.5. The highest BCUT2D eigenvalue weighted by molar-refractivity contribution is 5.85. The van der Waals surface area contributed by atoms with Crippen LogP contribution >= 0.6 is 12.4 Å². The Morgan fingerprint density at radius 3 is 2.62 bits per heavy atom. The van der Waals surface area contributed by atoms with Crippen molar-refractivity contribution in [2.45, 2.75) is 44.4 Å². The van der Waals surface area contributed by atoms with E-state index in [1.54, 1.807) is 19.4 Å². The molecule has 2 fully saturated rings. The number of rotatable bonds is 9. The molecule has 0 unspecified atom stereocenters. The summed E-state index contributed by atoms with van der Waals surface area (Å²) < 4.78 is 17.1. The number of hydrogen-bond donors (Lipinski definition) is 2. The Morgan fingerprint density at radius 1 is 1.07 bits per heavy atom. The van der Waals surface area contributed by atoms with Gasteiger partial charge in [0.2, 0.25) is 11.8 Å². The van der Waals surface area contributed by atoms with Gasteiger partial charge in [-0.1, -0.05) is 0 Å². The summed E-state index contributed by atoms with van der Waals surface area (Å²) in [7, 11) is 3.79. The maximum absolute atomic E-state index is 9.74. The van der Waals surface area contributed by atoms with Crippen LogP contribution in [0.25, 0.3) is 11.3 Å². The lowest BCUT2D eigenvalue weighted by molar-refractivity contribution is 0.0254. The zero-order valence-corrected chi connectivity index (χ0v) is 23.7. The van der Waals surface area contributed by atoms with Crippen molar-refractivity contribution < 1.29 is 14.2 Å². The fourth-order valence-corrected chi connectivity index (χ4v) is 4.86. The molecule has 2 aliphatic heterocycles. The van der Waals surface area contributed by atoms with Crippen molar-refractivity contribution >= 4 is 24.2 Å². The molecular weight excluding hydrogens is 530 g/mol. The summed E-state index contributed by atoms with van der Waals surface area (Å²) in [6, 6.07) is 14.0. The fourth-order valence-electron chi connectivity index (χ4n) is 4.86. The molecule has 0 radical (unpaired) electrons. The molecule has 0 spiro atoms. The minimum atomic E-state index is 0. The number of likely N-dealkylation sites (tertiary alicyclic amines) is 1. The van der Waals surface area contributed by atoms with Crippen LogP contribution in [-0.2, 0) is 11.3 Å². The number of ether oxygens (including phenoxy) is 3. The minimum absolute atomic E-state index is 0. The molecule has 3 aromatic rings. The number of anilines is 2. The van der Waals surface area contributed by atoms with E-state index < -0.39 is 0 Å². The van der Waals surface area contributed by atoms with E-state index >= 15 is 0 Å². The second kappa shape index (κ2) is 14.2. The highest BCUT2D eigenvalue weighted by Crippen LogP contribution is 2.28. The first kappa shape index (κ1) is 29.5. The molecule has 0 aliphatic carbocycles. The normalized spacial score (nSPS) is 16.5. The van der Waals surface area contributed by atoms with Crippen LogP contribution < -0.4 is 20.1 Å². The van der Waals surface area contributed by atoms with Gasteiger partial charge in [-0.3, -0.25) is 0 Å². The second-order valence-electron chi connectivity index (χ2n) is 9.97. The van der Waals surface area contributed by atoms with Crippen molar-refractivity contribution in [3.05, 3.63) is 53.7 Å². The summed E-state index contributed by atoms with van der Waals surface area (Å²) >= 11 is 0. The summed E-state index contributed by atoms with van der Waals surface area (Å²) in [6.45, 7) is 4.29. The van der Waals surface area contributed by atoms with Gasteiger partial charge in [0.15, 0.2) is 0 Å². The smallest absolute Gasteiger partial charge is 0.228 e. The lowest BCUT2D eigenvalue weighted by Crippen LogP contribution is -2.40. The van der Waals surface area contributed by atoms with Crippen molar-refractivity contribution in [2.24, 2.45) is 0 Å². The Hall–Kier alpha value is -3.49. The molecule has 5 rings (SSSR count). The van der Waals surface area contributed by atoms with Crippen molar-refractivity contribution in [1.82, 2.24) is 25.2 Å². The van der Waals surface area contributed by atoms with Crippen molar-refractivity contribution in [3.63, 3.8) is 0 Å². The molecular formula is C29H36ClN7O3. The molecule has 4 heterocycles. The fraction of sp³-hybridized carbons (Fsp3) is 0.448. The van der Waals surface area contributed by atoms with E-state index in [2.05, 4.69) is 43.6 Å². The Labute approximate surface area is 241 Å². The average molecular weight is 566 g/mol. The summed E-state index contributed by atoms with van der Waals surface area (Å²) in [5.74, 6) is 2.14. The first-order valence-corrected chi connectivity index (χ1v) is 13.5. The first-order chi connectivity index (χ1) is 19.1. The van der Waals surface area contributed by atoms with Crippen LogP contribution in [0.1, 0.15) is 36.8 Å². The quantitative estimate of drug-likeness (QED) is 0.388. The number of nitrogens with one attached hydrogen (secondary N) is 2. The molecule has 2 saturated heterocycles. The zero-order valence-electron chi connectivity index (χ0n) is 22.9. The number of aromatic nitrogens is 3. The topological polar surface area (TPSA) is 117 Å². The standard InChI is InChI=1S/C29H35N7O3.ClH/c1-36-13-8-23(9-14-36)32-19-21-4-6-27(34-28(21)37-2)35-29-31-12-7-25(33-29)20-3-5-26(22(17-20)18-30)39-24-10-15-38-16-11-24;/h3-7,12,17,23-24,32H,8-11,13-16,19H2,1-2H3,(H,31,33,34,35);1H. The van der Waals surface area contributed by atoms with E-state index in [9.17, 15) is 5.26 Å². The number of pyridine rings is 1. The van der Waals surface area contributed by atoms with Gasteiger partial charge in [0.1, 0.15) is 23.7 Å². The van der Waals surface area contributed by atoms with Gasteiger partial charge in [-0.15, -0.1) is 12.4 Å². The van der Waals surface area contributed by atoms with Crippen LogP contribution in [0.3, 0.4) is 0 Å². The minimum Gasteiger partial charge on any atom is -0.489 e. The van der Waals surface area contributed by atoms with E-state index in [1.165, 1.54) is 0 Å². The molecule has 40 heavy (non-hydrogen) atoms. The third-order valence-electron chi connectivity index (χ3n) is 7.19. The third kappa shape index (κ3) is 7.58. The molecule has 212 valence electrons. The van der Waals surface area contributed by atoms with Crippen molar-refractivity contribution in [2.75, 3.05) is 45.8 Å². The second-order valence-corrected chi connectivity index (χ2v) is 9.97. The molecule has 0 saturated carbocycles. The van der Waals surface area contributed by atoms with E-state index in [-0.39, 0.29) is 18.5 Å². The van der Waals surface area contributed by atoms with Gasteiger partial charge in [0.05, 0.1) is 31.6 Å². The van der Waals surface area contributed by atoms with Gasteiger partial charge in [-0.2, -0.15) is 10.2 Å². The molecule has 0 amide bonds. The molecule has 1 aromatic carbocycles. The number of hydrogen-bond acceptors (Lipinski definition) is 10. The van der Waals surface area contributed by atoms with E-state index in [1.807, 2.05) is 30.3 Å². The molecule has 10 nitrogen and oxygen atoms in total. The summed E-state index contributed by atoms with van der Waals surface area (Å²) in [6.07, 6.45) is 5.67. The predicted molar refractivity (Wildman–Crippen MR) is 155 cm³/mol. The van der Waals surface area contributed by atoms with Gasteiger partial charge in [-0.05, 0) is 69.4 Å². The number of piperidine rings is 1. The third-order valence-corrected chi connectivity index (χ3v) is 7.19. The van der Waals surface area contributed by atoms with E-state index in [0.717, 1.165) is 49.9 Å². The Balaban J connectivity index is 0.00000370. The number of nitrogens with zero attached hydrogens (tertiary/aromatic N) is 5. The summed E-state index contributed by atoms with van der Waals surface area (Å²) in [4.78, 5) is 16.0. The SMILES string of the molecule is COc1nc(Nc2nccc(-c3ccc(OC4CCOCC4)c(C#N)c3)n2)ccc1CNC1CCN(C)CC1.Cl. The maximum atomic E-state index is 9.74. The molecule has 2 aliphatic rings. The highest BCUT2D eigenvalue weighted by atomic mass is 35.5. The number of nitriles is 1. The van der Waals surface area contributed by atoms with Crippen LogP contribution in [0.5, 0.6) is 11.6 Å². The van der Waals surface area contributed by atoms with Crippen LogP contribution in [0.4, 0.5) is 11.8 Å². The summed E-state index contributed by atoms with van der Waals surface area (Å²) in [5.41, 5.74) is 2.97. The van der Waals surface area contributed by atoms with Crippen molar-refractivity contribution in [1.29, 1.82) is 5.26 Å². The largest absolute Gasteiger partial charge is 0.489 e. The van der Waals surface area contributed by atoms with E-state index in [4.69, 9.17) is 14.2 Å². The van der Waals surface area contributed by atoms with Crippen LogP contribution in [-0.4, -0.2) is 72.5 Å². The molecule has 2 N–H and O–H groups in total. The van der Waals surface area contributed by atoms with Gasteiger partial charge < -0.3 is 29.7 Å². The monoisotopic (exact) mass is 565 g/mol. The van der Waals surface area contributed by atoms with Crippen molar-refractivity contribution in [3.8, 4) is 29.0 Å². The average Bonchev–Trinajstić information content (AvgIpc) is 2.98. The molecule has 0 atom stereocenters. The van der Waals surface area contributed by atoms with Crippen LogP contribution in [0, 0.1) is 11.3 Å².